The second-order valence-electron chi connectivity index (χ2n) is 7.26. The summed E-state index contributed by atoms with van der Waals surface area (Å²) in [5, 5.41) is 0. The van der Waals surface area contributed by atoms with Crippen LogP contribution in [0.1, 0.15) is 39.5 Å². The minimum atomic E-state index is -0.807. The molecule has 1 rings (SSSR count). The fraction of sp³-hybridized carbons (Fsp3) is 0.778. The third-order valence-corrected chi connectivity index (χ3v) is 4.80. The first kappa shape index (κ1) is 21.1. The fourth-order valence-corrected chi connectivity index (χ4v) is 3.31. The first-order valence-electron chi connectivity index (χ1n) is 8.68. The van der Waals surface area contributed by atoms with Crippen LogP contribution < -0.4 is 0 Å². The highest BCUT2D eigenvalue weighted by Crippen LogP contribution is 2.35. The van der Waals surface area contributed by atoms with Gasteiger partial charge in [0.15, 0.2) is 11.9 Å². The van der Waals surface area contributed by atoms with E-state index in [-0.39, 0.29) is 29.9 Å². The lowest BCUT2D eigenvalue weighted by Crippen LogP contribution is -2.47. The molecule has 2 amide bonds. The van der Waals surface area contributed by atoms with Crippen LogP contribution in [0.4, 0.5) is 0 Å². The zero-order valence-electron chi connectivity index (χ0n) is 16.1. The first-order valence-corrected chi connectivity index (χ1v) is 8.68. The van der Waals surface area contributed by atoms with Crippen LogP contribution in [0.25, 0.3) is 0 Å². The Bertz CT molecular complexity index is 530. The van der Waals surface area contributed by atoms with Crippen LogP contribution in [0.2, 0.25) is 0 Å². The molecule has 7 nitrogen and oxygen atoms in total. The average Bonchev–Trinajstić information content (AvgIpc) is 2.52. The molecule has 0 heterocycles. The number of hydrogen-bond acceptors (Lipinski definition) is 5. The quantitative estimate of drug-likeness (QED) is 0.667. The molecule has 0 aromatic rings. The SMILES string of the molecule is CC(=O)OC1C(=O)C(C(CCC(=O)N(C)C)C(=O)N(C)C)CCC1C. The predicted molar refractivity (Wildman–Crippen MR) is 92.6 cm³/mol. The van der Waals surface area contributed by atoms with Crippen molar-refractivity contribution in [2.75, 3.05) is 28.2 Å². The van der Waals surface area contributed by atoms with Crippen molar-refractivity contribution in [1.29, 1.82) is 0 Å². The van der Waals surface area contributed by atoms with E-state index in [1.807, 2.05) is 6.92 Å². The second-order valence-corrected chi connectivity index (χ2v) is 7.26. The van der Waals surface area contributed by atoms with Crippen molar-refractivity contribution in [3.63, 3.8) is 0 Å². The van der Waals surface area contributed by atoms with E-state index in [0.717, 1.165) is 0 Å². The van der Waals surface area contributed by atoms with E-state index < -0.39 is 23.9 Å². The van der Waals surface area contributed by atoms with Gasteiger partial charge in [0.1, 0.15) is 0 Å². The highest BCUT2D eigenvalue weighted by Gasteiger charge is 2.44. The number of ketones is 1. The molecular weight excluding hydrogens is 324 g/mol. The van der Waals surface area contributed by atoms with Crippen molar-refractivity contribution in [2.45, 2.75) is 45.6 Å². The van der Waals surface area contributed by atoms with Gasteiger partial charge in [0.2, 0.25) is 11.8 Å². The Labute approximate surface area is 149 Å². The smallest absolute Gasteiger partial charge is 0.303 e. The van der Waals surface area contributed by atoms with Gasteiger partial charge in [-0.3, -0.25) is 19.2 Å². The summed E-state index contributed by atoms with van der Waals surface area (Å²) < 4.78 is 5.21. The van der Waals surface area contributed by atoms with Gasteiger partial charge in [0.05, 0.1) is 0 Å². The second kappa shape index (κ2) is 8.97. The van der Waals surface area contributed by atoms with Gasteiger partial charge in [-0.15, -0.1) is 0 Å². The van der Waals surface area contributed by atoms with Gasteiger partial charge in [-0.05, 0) is 19.3 Å². The normalized spacial score (nSPS) is 24.4. The summed E-state index contributed by atoms with van der Waals surface area (Å²) in [6, 6.07) is 0. The highest BCUT2D eigenvalue weighted by molar-refractivity contribution is 5.93. The average molecular weight is 354 g/mol. The van der Waals surface area contributed by atoms with Gasteiger partial charge in [-0.2, -0.15) is 0 Å². The van der Waals surface area contributed by atoms with Crippen molar-refractivity contribution in [3.05, 3.63) is 0 Å². The van der Waals surface area contributed by atoms with Crippen LogP contribution in [0, 0.1) is 17.8 Å². The van der Waals surface area contributed by atoms with E-state index in [1.165, 1.54) is 16.7 Å². The van der Waals surface area contributed by atoms with Crippen LogP contribution in [0.3, 0.4) is 0 Å². The minimum Gasteiger partial charge on any atom is -0.454 e. The maximum Gasteiger partial charge on any atom is 0.303 e. The molecule has 0 N–H and O–H groups in total. The third kappa shape index (κ3) is 5.54. The molecule has 1 aliphatic carbocycles. The monoisotopic (exact) mass is 354 g/mol. The van der Waals surface area contributed by atoms with E-state index in [4.69, 9.17) is 4.74 Å². The van der Waals surface area contributed by atoms with Crippen molar-refractivity contribution < 1.29 is 23.9 Å². The molecule has 0 aromatic heterocycles. The molecule has 1 aliphatic rings. The summed E-state index contributed by atoms with van der Waals surface area (Å²) in [7, 11) is 6.61. The Morgan fingerprint density at radius 3 is 2.20 bits per heavy atom. The van der Waals surface area contributed by atoms with Crippen LogP contribution in [-0.4, -0.2) is 67.7 Å². The maximum absolute atomic E-state index is 12.9. The van der Waals surface area contributed by atoms with E-state index in [1.54, 1.807) is 28.2 Å². The van der Waals surface area contributed by atoms with Gasteiger partial charge in [-0.1, -0.05) is 6.92 Å². The molecule has 1 saturated carbocycles. The molecular formula is C18H30N2O5. The molecule has 4 unspecified atom stereocenters. The Morgan fingerprint density at radius 1 is 1.12 bits per heavy atom. The van der Waals surface area contributed by atoms with E-state index in [2.05, 4.69) is 0 Å². The third-order valence-electron chi connectivity index (χ3n) is 4.80. The molecule has 1 fully saturated rings. The molecule has 0 saturated heterocycles. The van der Waals surface area contributed by atoms with Gasteiger partial charge in [-0.25, -0.2) is 0 Å². The highest BCUT2D eigenvalue weighted by atomic mass is 16.5. The summed E-state index contributed by atoms with van der Waals surface area (Å²) in [4.78, 5) is 51.7. The molecule has 0 aliphatic heterocycles. The van der Waals surface area contributed by atoms with Gasteiger partial charge >= 0.3 is 5.97 Å². The number of ether oxygens (including phenoxy) is 1. The minimum absolute atomic E-state index is 0.0637. The number of hydrogen-bond donors (Lipinski definition) is 0. The van der Waals surface area contributed by atoms with Crippen LogP contribution in [0.5, 0.6) is 0 Å². The van der Waals surface area contributed by atoms with Gasteiger partial charge in [0, 0.05) is 59.3 Å². The Morgan fingerprint density at radius 2 is 1.72 bits per heavy atom. The van der Waals surface area contributed by atoms with E-state index >= 15 is 0 Å². The molecule has 7 heteroatoms. The number of nitrogens with zero attached hydrogens (tertiary/aromatic N) is 2. The van der Waals surface area contributed by atoms with E-state index in [0.29, 0.717) is 19.3 Å². The number of carbonyl (C=O) groups is 4. The van der Waals surface area contributed by atoms with Crippen LogP contribution in [-0.2, 0) is 23.9 Å². The van der Waals surface area contributed by atoms with Crippen molar-refractivity contribution in [1.82, 2.24) is 9.80 Å². The summed E-state index contributed by atoms with van der Waals surface area (Å²) in [5.41, 5.74) is 0. The number of amides is 2. The molecule has 0 spiro atoms. The van der Waals surface area contributed by atoms with Crippen molar-refractivity contribution in [2.24, 2.45) is 17.8 Å². The Balaban J connectivity index is 2.99. The van der Waals surface area contributed by atoms with Crippen molar-refractivity contribution >= 4 is 23.6 Å². The topological polar surface area (TPSA) is 84.0 Å². The van der Waals surface area contributed by atoms with Gasteiger partial charge in [0.25, 0.3) is 0 Å². The number of esters is 1. The lowest BCUT2D eigenvalue weighted by Gasteiger charge is -2.36. The fourth-order valence-electron chi connectivity index (χ4n) is 3.31. The Kier molecular flexibility index (Phi) is 7.58. The lowest BCUT2D eigenvalue weighted by atomic mass is 9.72. The molecule has 0 radical (unpaired) electrons. The zero-order chi connectivity index (χ0) is 19.3. The zero-order valence-corrected chi connectivity index (χ0v) is 16.1. The molecule has 142 valence electrons. The van der Waals surface area contributed by atoms with Crippen LogP contribution in [0.15, 0.2) is 0 Å². The molecule has 0 bridgehead atoms. The summed E-state index contributed by atoms with van der Waals surface area (Å²) in [5.74, 6) is -2.10. The standard InChI is InChI=1S/C18H30N2O5/c1-11-7-8-13(16(23)17(11)25-12(2)21)14(18(24)20(5)6)9-10-15(22)19(3)4/h11,13-14,17H,7-10H2,1-6H3. The number of Topliss-reactive ketones (excluding diaryl/α,β-unsaturated/α-hetero) is 1. The van der Waals surface area contributed by atoms with E-state index in [9.17, 15) is 19.2 Å². The van der Waals surface area contributed by atoms with Gasteiger partial charge < -0.3 is 14.5 Å². The lowest BCUT2D eigenvalue weighted by molar-refractivity contribution is -0.162. The summed E-state index contributed by atoms with van der Waals surface area (Å²) in [6.07, 6.45) is 0.976. The van der Waals surface area contributed by atoms with Crippen LogP contribution >= 0.6 is 0 Å². The maximum atomic E-state index is 12.9. The largest absolute Gasteiger partial charge is 0.454 e. The number of rotatable bonds is 6. The number of carbonyl (C=O) groups excluding carboxylic acids is 4. The first-order chi connectivity index (χ1) is 11.6. The summed E-state index contributed by atoms with van der Waals surface area (Å²) >= 11 is 0. The molecule has 25 heavy (non-hydrogen) atoms. The van der Waals surface area contributed by atoms with Crippen molar-refractivity contribution in [3.8, 4) is 0 Å². The summed E-state index contributed by atoms with van der Waals surface area (Å²) in [6.45, 7) is 3.15. The Hall–Kier alpha value is -1.92. The predicted octanol–water partition coefficient (Wildman–Crippen LogP) is 1.11. The molecule has 0 aromatic carbocycles. The molecule has 4 atom stereocenters.